The molecular weight excluding hydrogens is 316 g/mol. The van der Waals surface area contributed by atoms with Crippen LogP contribution in [0.25, 0.3) is 11.0 Å². The van der Waals surface area contributed by atoms with Gasteiger partial charge in [0.1, 0.15) is 12.1 Å². The minimum absolute atomic E-state index is 0.0896. The van der Waals surface area contributed by atoms with E-state index in [0.29, 0.717) is 5.82 Å². The maximum absolute atomic E-state index is 12.5. The van der Waals surface area contributed by atoms with E-state index in [1.807, 2.05) is 34.9 Å². The molecule has 0 atom stereocenters. The first-order chi connectivity index (χ1) is 11.9. The van der Waals surface area contributed by atoms with Crippen LogP contribution in [-0.4, -0.2) is 39.2 Å². The maximum Gasteiger partial charge on any atom is 0.243 e. The van der Waals surface area contributed by atoms with Crippen molar-refractivity contribution in [1.82, 2.24) is 19.7 Å². The van der Waals surface area contributed by atoms with Crippen LogP contribution in [0.5, 0.6) is 0 Å². The Balaban J connectivity index is 1.79. The van der Waals surface area contributed by atoms with Gasteiger partial charge >= 0.3 is 0 Å². The summed E-state index contributed by atoms with van der Waals surface area (Å²) in [4.78, 5) is 22.8. The summed E-state index contributed by atoms with van der Waals surface area (Å²) in [5.41, 5.74) is 4.92. The van der Waals surface area contributed by atoms with Crippen molar-refractivity contribution in [2.45, 2.75) is 20.8 Å². The highest BCUT2D eigenvalue weighted by Gasteiger charge is 2.15. The molecule has 0 spiro atoms. The fourth-order valence-electron chi connectivity index (χ4n) is 3.10. The van der Waals surface area contributed by atoms with E-state index >= 15 is 0 Å². The van der Waals surface area contributed by atoms with Crippen molar-refractivity contribution in [3.05, 3.63) is 41.3 Å². The topological polar surface area (TPSA) is 75.9 Å². The van der Waals surface area contributed by atoms with Crippen LogP contribution in [0.4, 0.5) is 11.5 Å². The van der Waals surface area contributed by atoms with Crippen molar-refractivity contribution in [2.24, 2.45) is 7.05 Å². The lowest BCUT2D eigenvalue weighted by molar-refractivity contribution is -0.114. The van der Waals surface area contributed by atoms with Gasteiger partial charge in [0.05, 0.1) is 18.1 Å². The molecule has 1 N–H and O–H groups in total. The van der Waals surface area contributed by atoms with Gasteiger partial charge in [0.15, 0.2) is 5.65 Å². The molecule has 2 aromatic heterocycles. The van der Waals surface area contributed by atoms with Crippen LogP contribution in [0.1, 0.15) is 16.7 Å². The summed E-state index contributed by atoms with van der Waals surface area (Å²) in [7, 11) is 3.66. The summed E-state index contributed by atoms with van der Waals surface area (Å²) < 4.78 is 1.69. The smallest absolute Gasteiger partial charge is 0.243 e. The molecule has 0 unspecified atom stereocenters. The van der Waals surface area contributed by atoms with E-state index in [2.05, 4.69) is 32.5 Å². The standard InChI is InChI=1S/C18H22N6O/c1-11-6-12(2)16(13(3)7-11)22-15(25)9-23(4)17-14-8-21-24(5)18(14)20-10-19-17/h6-8,10H,9H2,1-5H3,(H,22,25). The number of nitrogens with one attached hydrogen (secondary N) is 1. The molecule has 2 heterocycles. The van der Waals surface area contributed by atoms with Gasteiger partial charge in [0.25, 0.3) is 0 Å². The Morgan fingerprint density at radius 3 is 2.56 bits per heavy atom. The lowest BCUT2D eigenvalue weighted by Crippen LogP contribution is -2.31. The number of rotatable bonds is 4. The van der Waals surface area contributed by atoms with Gasteiger partial charge in [0, 0.05) is 19.8 Å². The summed E-state index contributed by atoms with van der Waals surface area (Å²) in [6, 6.07) is 4.13. The third-order valence-electron chi connectivity index (χ3n) is 4.19. The van der Waals surface area contributed by atoms with Crippen LogP contribution in [0, 0.1) is 20.8 Å². The second-order valence-corrected chi connectivity index (χ2v) is 6.38. The zero-order valence-electron chi connectivity index (χ0n) is 15.2. The molecule has 1 aromatic carbocycles. The highest BCUT2D eigenvalue weighted by atomic mass is 16.2. The van der Waals surface area contributed by atoms with Gasteiger partial charge in [0.2, 0.25) is 5.91 Å². The van der Waals surface area contributed by atoms with Gasteiger partial charge in [-0.1, -0.05) is 17.7 Å². The third-order valence-corrected chi connectivity index (χ3v) is 4.19. The zero-order chi connectivity index (χ0) is 18.1. The predicted molar refractivity (Wildman–Crippen MR) is 98.9 cm³/mol. The summed E-state index contributed by atoms with van der Waals surface area (Å²) >= 11 is 0. The van der Waals surface area contributed by atoms with E-state index in [1.165, 1.54) is 11.9 Å². The molecule has 7 heteroatoms. The van der Waals surface area contributed by atoms with Gasteiger partial charge in [-0.2, -0.15) is 5.10 Å². The van der Waals surface area contributed by atoms with Crippen LogP contribution >= 0.6 is 0 Å². The first-order valence-electron chi connectivity index (χ1n) is 8.08. The molecule has 0 fully saturated rings. The highest BCUT2D eigenvalue weighted by molar-refractivity contribution is 5.97. The van der Waals surface area contributed by atoms with Crippen molar-refractivity contribution >= 4 is 28.4 Å². The number of carbonyl (C=O) groups excluding carboxylic acids is 1. The minimum atomic E-state index is -0.0896. The van der Waals surface area contributed by atoms with E-state index in [4.69, 9.17) is 0 Å². The number of hydrogen-bond acceptors (Lipinski definition) is 5. The number of carbonyl (C=O) groups is 1. The molecule has 0 aliphatic carbocycles. The van der Waals surface area contributed by atoms with Gasteiger partial charge < -0.3 is 10.2 Å². The lowest BCUT2D eigenvalue weighted by Gasteiger charge is -2.19. The summed E-state index contributed by atoms with van der Waals surface area (Å²) in [5, 5.41) is 8.04. The van der Waals surface area contributed by atoms with Gasteiger partial charge in [-0.15, -0.1) is 0 Å². The number of likely N-dealkylation sites (N-methyl/N-ethyl adjacent to an activating group) is 1. The fourth-order valence-corrected chi connectivity index (χ4v) is 3.10. The van der Waals surface area contributed by atoms with Crippen LogP contribution in [-0.2, 0) is 11.8 Å². The maximum atomic E-state index is 12.5. The molecule has 7 nitrogen and oxygen atoms in total. The number of aryl methyl sites for hydroxylation is 4. The number of nitrogens with zero attached hydrogens (tertiary/aromatic N) is 5. The largest absolute Gasteiger partial charge is 0.350 e. The van der Waals surface area contributed by atoms with Gasteiger partial charge in [-0.25, -0.2) is 9.97 Å². The molecule has 3 rings (SSSR count). The number of aromatic nitrogens is 4. The van der Waals surface area contributed by atoms with E-state index in [1.54, 1.807) is 15.8 Å². The van der Waals surface area contributed by atoms with Crippen molar-refractivity contribution in [3.8, 4) is 0 Å². The molecule has 0 aliphatic rings. The second-order valence-electron chi connectivity index (χ2n) is 6.38. The molecule has 0 aliphatic heterocycles. The van der Waals surface area contributed by atoms with Crippen LogP contribution < -0.4 is 10.2 Å². The Morgan fingerprint density at radius 1 is 1.20 bits per heavy atom. The predicted octanol–water partition coefficient (Wildman–Crippen LogP) is 2.36. The summed E-state index contributed by atoms with van der Waals surface area (Å²) in [6.07, 6.45) is 3.20. The Hall–Kier alpha value is -2.96. The van der Waals surface area contributed by atoms with E-state index in [0.717, 1.165) is 27.8 Å². The monoisotopic (exact) mass is 338 g/mol. The normalized spacial score (nSPS) is 10.9. The number of amides is 1. The van der Waals surface area contributed by atoms with Crippen LogP contribution in [0.15, 0.2) is 24.7 Å². The fraction of sp³-hybridized carbons (Fsp3) is 0.333. The van der Waals surface area contributed by atoms with E-state index in [9.17, 15) is 4.79 Å². The molecule has 0 saturated carbocycles. The molecule has 0 bridgehead atoms. The van der Waals surface area contributed by atoms with Crippen molar-refractivity contribution in [3.63, 3.8) is 0 Å². The van der Waals surface area contributed by atoms with E-state index in [-0.39, 0.29) is 12.5 Å². The first kappa shape index (κ1) is 16.9. The molecule has 25 heavy (non-hydrogen) atoms. The Kier molecular flexibility index (Phi) is 4.39. The highest BCUT2D eigenvalue weighted by Crippen LogP contribution is 2.23. The Labute approximate surface area is 146 Å². The SMILES string of the molecule is Cc1cc(C)c(NC(=O)CN(C)c2ncnc3c2cnn3C)c(C)c1. The van der Waals surface area contributed by atoms with Crippen molar-refractivity contribution in [2.75, 3.05) is 23.8 Å². The molecule has 130 valence electrons. The third kappa shape index (κ3) is 3.31. The van der Waals surface area contributed by atoms with Crippen molar-refractivity contribution in [1.29, 1.82) is 0 Å². The second kappa shape index (κ2) is 6.51. The van der Waals surface area contributed by atoms with Gasteiger partial charge in [-0.3, -0.25) is 9.48 Å². The first-order valence-corrected chi connectivity index (χ1v) is 8.08. The molecule has 1 amide bonds. The zero-order valence-corrected chi connectivity index (χ0v) is 15.2. The Morgan fingerprint density at radius 2 is 1.88 bits per heavy atom. The summed E-state index contributed by atoms with van der Waals surface area (Å²) in [5.74, 6) is 0.596. The van der Waals surface area contributed by atoms with Crippen LogP contribution in [0.3, 0.4) is 0 Å². The molecular formula is C18H22N6O. The van der Waals surface area contributed by atoms with Gasteiger partial charge in [-0.05, 0) is 31.9 Å². The average molecular weight is 338 g/mol. The average Bonchev–Trinajstić information content (AvgIpc) is 2.92. The molecule has 0 saturated heterocycles. The minimum Gasteiger partial charge on any atom is -0.350 e. The van der Waals surface area contributed by atoms with Crippen LogP contribution in [0.2, 0.25) is 0 Å². The summed E-state index contributed by atoms with van der Waals surface area (Å²) in [6.45, 7) is 6.24. The quantitative estimate of drug-likeness (QED) is 0.790. The molecule has 0 radical (unpaired) electrons. The number of hydrogen-bond donors (Lipinski definition) is 1. The number of benzene rings is 1. The lowest BCUT2D eigenvalue weighted by atomic mass is 10.1. The Bertz CT molecular complexity index is 923. The number of anilines is 2. The van der Waals surface area contributed by atoms with E-state index < -0.39 is 0 Å². The number of fused-ring (bicyclic) bond motifs is 1. The molecule has 3 aromatic rings. The van der Waals surface area contributed by atoms with Crippen molar-refractivity contribution < 1.29 is 4.79 Å².